The highest BCUT2D eigenvalue weighted by Gasteiger charge is 2.32. The van der Waals surface area contributed by atoms with Gasteiger partial charge in [0, 0.05) is 31.6 Å². The lowest BCUT2D eigenvalue weighted by Crippen LogP contribution is -2.13. The number of carbonyl (C=O) groups excluding carboxylic acids is 1. The Hall–Kier alpha value is -1.60. The average Bonchev–Trinajstić information content (AvgIpc) is 2.96. The van der Waals surface area contributed by atoms with Crippen molar-refractivity contribution in [2.75, 3.05) is 0 Å². The van der Waals surface area contributed by atoms with E-state index < -0.39 is 12.1 Å². The summed E-state index contributed by atoms with van der Waals surface area (Å²) in [6.07, 6.45) is 13.2. The first-order chi connectivity index (χ1) is 12.5. The standard InChI is InChI=1S/C22H34O4/c1-2-3-4-8-11-19(23)16-14-18-15-17-21(24)20(18)12-9-6-5-7-10-13-22(25)26/h14,16,18-20,23H,2-5,7-8,10-13,15,17H2,1H3,(H,25,26). The number of aliphatic hydroxyl groups excluding tert-OH is 1. The predicted octanol–water partition coefficient (Wildman–Crippen LogP) is 4.51. The number of ketones is 1. The molecule has 0 heterocycles. The van der Waals surface area contributed by atoms with E-state index in [-0.39, 0.29) is 24.0 Å². The van der Waals surface area contributed by atoms with Crippen molar-refractivity contribution in [3.8, 4) is 11.8 Å². The van der Waals surface area contributed by atoms with Gasteiger partial charge in [-0.2, -0.15) is 0 Å². The fourth-order valence-electron chi connectivity index (χ4n) is 3.34. The molecule has 0 amide bonds. The summed E-state index contributed by atoms with van der Waals surface area (Å²) < 4.78 is 0. The molecule has 0 saturated heterocycles. The van der Waals surface area contributed by atoms with E-state index in [9.17, 15) is 14.7 Å². The molecule has 0 bridgehead atoms. The number of carboxylic acid groups (broad SMARTS) is 1. The maximum atomic E-state index is 12.1. The smallest absolute Gasteiger partial charge is 0.303 e. The molecule has 4 nitrogen and oxygen atoms in total. The van der Waals surface area contributed by atoms with Crippen LogP contribution in [0.25, 0.3) is 0 Å². The van der Waals surface area contributed by atoms with Crippen molar-refractivity contribution in [1.82, 2.24) is 0 Å². The third kappa shape index (κ3) is 9.77. The lowest BCUT2D eigenvalue weighted by molar-refractivity contribution is -0.137. The number of aliphatic carboxylic acids is 1. The summed E-state index contributed by atoms with van der Waals surface area (Å²) in [5.74, 6) is 5.81. The van der Waals surface area contributed by atoms with E-state index in [1.807, 2.05) is 12.2 Å². The zero-order chi connectivity index (χ0) is 19.2. The third-order valence-electron chi connectivity index (χ3n) is 4.98. The number of carboxylic acids is 1. The molecule has 2 N–H and O–H groups in total. The number of unbranched alkanes of at least 4 members (excludes halogenated alkanes) is 5. The topological polar surface area (TPSA) is 74.6 Å². The average molecular weight is 363 g/mol. The van der Waals surface area contributed by atoms with Crippen molar-refractivity contribution >= 4 is 11.8 Å². The van der Waals surface area contributed by atoms with Crippen LogP contribution in [0.15, 0.2) is 12.2 Å². The van der Waals surface area contributed by atoms with Gasteiger partial charge in [-0.25, -0.2) is 0 Å². The fraction of sp³-hybridized carbons (Fsp3) is 0.727. The van der Waals surface area contributed by atoms with Crippen LogP contribution in [0.2, 0.25) is 0 Å². The molecule has 4 heteroatoms. The van der Waals surface area contributed by atoms with Gasteiger partial charge in [0.15, 0.2) is 0 Å². The van der Waals surface area contributed by atoms with Gasteiger partial charge >= 0.3 is 5.97 Å². The van der Waals surface area contributed by atoms with Gasteiger partial charge in [0.25, 0.3) is 0 Å². The number of Topliss-reactive ketones (excluding diaryl/α,β-unsaturated/α-hetero) is 1. The molecule has 0 aromatic rings. The van der Waals surface area contributed by atoms with Gasteiger partial charge < -0.3 is 10.2 Å². The lowest BCUT2D eigenvalue weighted by Gasteiger charge is -2.13. The Morgan fingerprint density at radius 3 is 2.77 bits per heavy atom. The number of allylic oxidation sites excluding steroid dienone is 1. The molecule has 1 saturated carbocycles. The third-order valence-corrected chi connectivity index (χ3v) is 4.98. The highest BCUT2D eigenvalue weighted by Crippen LogP contribution is 2.32. The van der Waals surface area contributed by atoms with Crippen molar-refractivity contribution < 1.29 is 19.8 Å². The van der Waals surface area contributed by atoms with Crippen LogP contribution in [0, 0.1) is 23.7 Å². The van der Waals surface area contributed by atoms with Crippen LogP contribution in [0.4, 0.5) is 0 Å². The first kappa shape index (κ1) is 22.4. The van der Waals surface area contributed by atoms with Gasteiger partial charge in [0.1, 0.15) is 5.78 Å². The SMILES string of the molecule is CCCCCCC(O)C=CC1CCC(=O)C1CC#CCCCCC(=O)O. The summed E-state index contributed by atoms with van der Waals surface area (Å²) >= 11 is 0. The largest absolute Gasteiger partial charge is 0.481 e. The Balaban J connectivity index is 2.33. The molecule has 3 unspecified atom stereocenters. The van der Waals surface area contributed by atoms with Crippen LogP contribution in [-0.2, 0) is 9.59 Å². The molecule has 3 atom stereocenters. The van der Waals surface area contributed by atoms with E-state index in [1.54, 1.807) is 0 Å². The molecular weight excluding hydrogens is 328 g/mol. The van der Waals surface area contributed by atoms with E-state index in [2.05, 4.69) is 18.8 Å². The summed E-state index contributed by atoms with van der Waals surface area (Å²) in [4.78, 5) is 22.5. The molecule has 0 aromatic heterocycles. The minimum atomic E-state index is -0.767. The number of aliphatic hydroxyl groups is 1. The summed E-state index contributed by atoms with van der Waals surface area (Å²) in [7, 11) is 0. The summed E-state index contributed by atoms with van der Waals surface area (Å²) in [5.41, 5.74) is 0. The van der Waals surface area contributed by atoms with E-state index in [0.29, 0.717) is 25.7 Å². The number of hydrogen-bond donors (Lipinski definition) is 2. The Morgan fingerprint density at radius 1 is 1.23 bits per heavy atom. The second kappa shape index (κ2) is 13.6. The second-order valence-electron chi connectivity index (χ2n) is 7.24. The molecule has 26 heavy (non-hydrogen) atoms. The Labute approximate surface area is 158 Å². The minimum Gasteiger partial charge on any atom is -0.481 e. The maximum Gasteiger partial charge on any atom is 0.303 e. The maximum absolute atomic E-state index is 12.1. The highest BCUT2D eigenvalue weighted by atomic mass is 16.4. The van der Waals surface area contributed by atoms with E-state index in [0.717, 1.165) is 32.1 Å². The van der Waals surface area contributed by atoms with Crippen molar-refractivity contribution in [1.29, 1.82) is 0 Å². The predicted molar refractivity (Wildman–Crippen MR) is 104 cm³/mol. The first-order valence-electron chi connectivity index (χ1n) is 10.1. The summed E-state index contributed by atoms with van der Waals surface area (Å²) in [5, 5.41) is 18.6. The van der Waals surface area contributed by atoms with Crippen LogP contribution in [0.3, 0.4) is 0 Å². The Morgan fingerprint density at radius 2 is 2.04 bits per heavy atom. The monoisotopic (exact) mass is 362 g/mol. The van der Waals surface area contributed by atoms with Crippen molar-refractivity contribution in [3.05, 3.63) is 12.2 Å². The first-order valence-corrected chi connectivity index (χ1v) is 10.1. The summed E-state index contributed by atoms with van der Waals surface area (Å²) in [6.45, 7) is 2.17. The minimum absolute atomic E-state index is 0.0509. The quantitative estimate of drug-likeness (QED) is 0.304. The zero-order valence-electron chi connectivity index (χ0n) is 16.1. The molecule has 0 spiro atoms. The van der Waals surface area contributed by atoms with Gasteiger partial charge in [0.2, 0.25) is 0 Å². The van der Waals surface area contributed by atoms with Gasteiger partial charge in [-0.15, -0.1) is 11.8 Å². The Kier molecular flexibility index (Phi) is 11.7. The molecule has 0 radical (unpaired) electrons. The molecule has 1 aliphatic rings. The second-order valence-corrected chi connectivity index (χ2v) is 7.24. The number of carbonyl (C=O) groups is 2. The van der Waals surface area contributed by atoms with Crippen molar-refractivity contribution in [2.45, 2.75) is 90.1 Å². The zero-order valence-corrected chi connectivity index (χ0v) is 16.1. The van der Waals surface area contributed by atoms with E-state index in [1.165, 1.54) is 12.8 Å². The molecule has 0 aliphatic heterocycles. The van der Waals surface area contributed by atoms with Crippen LogP contribution in [0.5, 0.6) is 0 Å². The van der Waals surface area contributed by atoms with Gasteiger partial charge in [-0.1, -0.05) is 44.8 Å². The molecule has 0 aromatic carbocycles. The van der Waals surface area contributed by atoms with Gasteiger partial charge in [-0.3, -0.25) is 9.59 Å². The number of hydrogen-bond acceptors (Lipinski definition) is 3. The van der Waals surface area contributed by atoms with Gasteiger partial charge in [-0.05, 0) is 31.6 Å². The van der Waals surface area contributed by atoms with Crippen LogP contribution in [0.1, 0.15) is 84.0 Å². The fourth-order valence-corrected chi connectivity index (χ4v) is 3.34. The van der Waals surface area contributed by atoms with Crippen LogP contribution < -0.4 is 0 Å². The van der Waals surface area contributed by atoms with Crippen LogP contribution in [-0.4, -0.2) is 28.1 Å². The van der Waals surface area contributed by atoms with E-state index >= 15 is 0 Å². The molecule has 1 rings (SSSR count). The molecular formula is C22H34O4. The Bertz CT molecular complexity index is 512. The normalized spacial score (nSPS) is 20.9. The van der Waals surface area contributed by atoms with Crippen LogP contribution >= 0.6 is 0 Å². The molecule has 1 aliphatic carbocycles. The number of rotatable bonds is 12. The highest BCUT2D eigenvalue weighted by molar-refractivity contribution is 5.84. The van der Waals surface area contributed by atoms with Crippen molar-refractivity contribution in [2.24, 2.45) is 11.8 Å². The van der Waals surface area contributed by atoms with Gasteiger partial charge in [0.05, 0.1) is 6.10 Å². The summed E-state index contributed by atoms with van der Waals surface area (Å²) in [6, 6.07) is 0. The van der Waals surface area contributed by atoms with E-state index in [4.69, 9.17) is 5.11 Å². The molecule has 1 fully saturated rings. The lowest BCUT2D eigenvalue weighted by atomic mass is 9.91. The molecule has 146 valence electrons. The van der Waals surface area contributed by atoms with Crippen molar-refractivity contribution in [3.63, 3.8) is 0 Å².